The van der Waals surface area contributed by atoms with E-state index in [9.17, 15) is 0 Å². The van der Waals surface area contributed by atoms with Crippen molar-refractivity contribution in [1.29, 1.82) is 0 Å². The summed E-state index contributed by atoms with van der Waals surface area (Å²) in [5, 5.41) is 3.75. The minimum absolute atomic E-state index is 0.660. The van der Waals surface area contributed by atoms with E-state index in [1.54, 1.807) is 0 Å². The smallest absolute Gasteiger partial charge is 0.0250 e. The van der Waals surface area contributed by atoms with Gasteiger partial charge < -0.3 is 10.2 Å². The molecular weight excluding hydrogens is 246 g/mol. The molecule has 1 aliphatic rings. The molecule has 1 heterocycles. The molecule has 1 fully saturated rings. The molecule has 3 atom stereocenters. The Morgan fingerprint density at radius 2 is 1.90 bits per heavy atom. The van der Waals surface area contributed by atoms with Gasteiger partial charge in [0.1, 0.15) is 0 Å². The van der Waals surface area contributed by atoms with Crippen LogP contribution >= 0.6 is 0 Å². The number of nitrogens with one attached hydrogen (secondary N) is 1. The lowest BCUT2D eigenvalue weighted by Crippen LogP contribution is -2.54. The van der Waals surface area contributed by atoms with Gasteiger partial charge in [-0.15, -0.1) is 0 Å². The van der Waals surface area contributed by atoms with Crippen LogP contribution in [-0.4, -0.2) is 61.2 Å². The van der Waals surface area contributed by atoms with E-state index < -0.39 is 0 Å². The number of rotatable bonds is 8. The van der Waals surface area contributed by atoms with E-state index in [2.05, 4.69) is 49.9 Å². The summed E-state index contributed by atoms with van der Waals surface area (Å²) in [4.78, 5) is 5.34. The summed E-state index contributed by atoms with van der Waals surface area (Å²) in [6, 6.07) is 2.09. The summed E-state index contributed by atoms with van der Waals surface area (Å²) >= 11 is 0. The molecule has 3 unspecified atom stereocenters. The Labute approximate surface area is 127 Å². The third kappa shape index (κ3) is 5.01. The molecule has 120 valence electrons. The summed E-state index contributed by atoms with van der Waals surface area (Å²) in [6.45, 7) is 14.1. The van der Waals surface area contributed by atoms with Crippen molar-refractivity contribution in [3.63, 3.8) is 0 Å². The Morgan fingerprint density at radius 3 is 2.45 bits per heavy atom. The molecule has 0 radical (unpaired) electrons. The van der Waals surface area contributed by atoms with Gasteiger partial charge in [0.25, 0.3) is 0 Å². The van der Waals surface area contributed by atoms with Crippen molar-refractivity contribution in [2.75, 3.05) is 33.2 Å². The summed E-state index contributed by atoms with van der Waals surface area (Å²) < 4.78 is 0. The number of hydrogen-bond acceptors (Lipinski definition) is 3. The van der Waals surface area contributed by atoms with Gasteiger partial charge in [0.2, 0.25) is 0 Å². The van der Waals surface area contributed by atoms with Gasteiger partial charge in [-0.05, 0) is 45.8 Å². The zero-order valence-corrected chi connectivity index (χ0v) is 14.5. The second-order valence-electron chi connectivity index (χ2n) is 6.34. The fourth-order valence-electron chi connectivity index (χ4n) is 3.82. The number of hydrogen-bond donors (Lipinski definition) is 1. The average molecular weight is 284 g/mol. The molecule has 0 amide bonds. The summed E-state index contributed by atoms with van der Waals surface area (Å²) in [6.07, 6.45) is 6.42. The quantitative estimate of drug-likeness (QED) is 0.739. The largest absolute Gasteiger partial charge is 0.313 e. The predicted molar refractivity (Wildman–Crippen MR) is 89.4 cm³/mol. The lowest BCUT2D eigenvalue weighted by atomic mass is 9.96. The normalized spacial score (nSPS) is 25.4. The summed E-state index contributed by atoms with van der Waals surface area (Å²) in [5.41, 5.74) is 0. The molecular formula is C17H37N3. The van der Waals surface area contributed by atoms with Crippen LogP contribution in [0.15, 0.2) is 0 Å². The third-order valence-electron chi connectivity index (χ3n) is 4.79. The maximum Gasteiger partial charge on any atom is 0.0250 e. The first kappa shape index (κ1) is 17.9. The van der Waals surface area contributed by atoms with Gasteiger partial charge in [-0.3, -0.25) is 4.90 Å². The molecule has 0 saturated carbocycles. The van der Waals surface area contributed by atoms with Gasteiger partial charge in [0.05, 0.1) is 0 Å². The van der Waals surface area contributed by atoms with Gasteiger partial charge in [0, 0.05) is 31.2 Å². The highest BCUT2D eigenvalue weighted by molar-refractivity contribution is 4.89. The van der Waals surface area contributed by atoms with Crippen LogP contribution in [0.1, 0.15) is 59.8 Å². The van der Waals surface area contributed by atoms with Gasteiger partial charge in [-0.1, -0.05) is 34.1 Å². The molecule has 0 aromatic rings. The van der Waals surface area contributed by atoms with E-state index in [4.69, 9.17) is 0 Å². The van der Waals surface area contributed by atoms with Gasteiger partial charge in [-0.25, -0.2) is 0 Å². The first-order chi connectivity index (χ1) is 9.67. The lowest BCUT2D eigenvalue weighted by Gasteiger charge is -2.41. The standard InChI is InChI=1S/C17H37N3/c1-6-11-16(18-9-4)17(8-3)20-13-10-12-19(5)14-15(20)7-2/h15-18H,6-14H2,1-5H3. The molecule has 1 aliphatic heterocycles. The van der Waals surface area contributed by atoms with Crippen molar-refractivity contribution < 1.29 is 0 Å². The van der Waals surface area contributed by atoms with Crippen molar-refractivity contribution in [3.05, 3.63) is 0 Å². The van der Waals surface area contributed by atoms with Crippen molar-refractivity contribution in [3.8, 4) is 0 Å². The van der Waals surface area contributed by atoms with E-state index >= 15 is 0 Å². The fourth-order valence-corrected chi connectivity index (χ4v) is 3.82. The highest BCUT2D eigenvalue weighted by Crippen LogP contribution is 2.21. The highest BCUT2D eigenvalue weighted by Gasteiger charge is 2.31. The van der Waals surface area contributed by atoms with Crippen LogP contribution in [-0.2, 0) is 0 Å². The topological polar surface area (TPSA) is 18.5 Å². The van der Waals surface area contributed by atoms with Crippen LogP contribution in [0.2, 0.25) is 0 Å². The van der Waals surface area contributed by atoms with E-state index in [1.807, 2.05) is 0 Å². The van der Waals surface area contributed by atoms with Crippen LogP contribution in [0.5, 0.6) is 0 Å². The first-order valence-corrected chi connectivity index (χ1v) is 8.85. The Kier molecular flexibility index (Phi) is 8.74. The van der Waals surface area contributed by atoms with Crippen molar-refractivity contribution in [2.45, 2.75) is 77.9 Å². The van der Waals surface area contributed by atoms with E-state index in [0.717, 1.165) is 12.6 Å². The minimum atomic E-state index is 0.660. The van der Waals surface area contributed by atoms with Crippen molar-refractivity contribution >= 4 is 0 Å². The molecule has 20 heavy (non-hydrogen) atoms. The minimum Gasteiger partial charge on any atom is -0.313 e. The highest BCUT2D eigenvalue weighted by atomic mass is 15.3. The average Bonchev–Trinajstić information content (AvgIpc) is 2.62. The van der Waals surface area contributed by atoms with Crippen LogP contribution in [0.25, 0.3) is 0 Å². The Hall–Kier alpha value is -0.120. The van der Waals surface area contributed by atoms with Crippen LogP contribution in [0.3, 0.4) is 0 Å². The van der Waals surface area contributed by atoms with Gasteiger partial charge in [-0.2, -0.15) is 0 Å². The van der Waals surface area contributed by atoms with E-state index in [1.165, 1.54) is 51.7 Å². The molecule has 0 aromatic heterocycles. The van der Waals surface area contributed by atoms with Gasteiger partial charge in [0.15, 0.2) is 0 Å². The molecule has 1 saturated heterocycles. The van der Waals surface area contributed by atoms with E-state index in [0.29, 0.717) is 12.1 Å². The maximum absolute atomic E-state index is 3.75. The third-order valence-corrected chi connectivity index (χ3v) is 4.79. The predicted octanol–water partition coefficient (Wildman–Crippen LogP) is 2.96. The molecule has 0 bridgehead atoms. The SMILES string of the molecule is CCCC(NCC)C(CC)N1CCCN(C)CC1CC. The number of nitrogens with zero attached hydrogens (tertiary/aromatic N) is 2. The monoisotopic (exact) mass is 283 g/mol. The Balaban J connectivity index is 2.82. The number of likely N-dealkylation sites (N-methyl/N-ethyl adjacent to an activating group) is 2. The zero-order chi connectivity index (χ0) is 15.0. The molecule has 0 spiro atoms. The first-order valence-electron chi connectivity index (χ1n) is 8.85. The summed E-state index contributed by atoms with van der Waals surface area (Å²) in [5.74, 6) is 0. The second-order valence-corrected chi connectivity index (χ2v) is 6.34. The zero-order valence-electron chi connectivity index (χ0n) is 14.5. The molecule has 1 rings (SSSR count). The Bertz CT molecular complexity index is 238. The van der Waals surface area contributed by atoms with Crippen molar-refractivity contribution in [1.82, 2.24) is 15.1 Å². The van der Waals surface area contributed by atoms with Crippen molar-refractivity contribution in [2.24, 2.45) is 0 Å². The molecule has 1 N–H and O–H groups in total. The molecule has 0 aromatic carbocycles. The lowest BCUT2D eigenvalue weighted by molar-refractivity contribution is 0.0945. The molecule has 3 heteroatoms. The van der Waals surface area contributed by atoms with Crippen LogP contribution in [0, 0.1) is 0 Å². The maximum atomic E-state index is 3.75. The summed E-state index contributed by atoms with van der Waals surface area (Å²) in [7, 11) is 2.28. The second kappa shape index (κ2) is 9.75. The van der Waals surface area contributed by atoms with Crippen LogP contribution < -0.4 is 5.32 Å². The molecule has 3 nitrogen and oxygen atoms in total. The van der Waals surface area contributed by atoms with Crippen LogP contribution in [0.4, 0.5) is 0 Å². The van der Waals surface area contributed by atoms with E-state index in [-0.39, 0.29) is 0 Å². The molecule has 0 aliphatic carbocycles. The Morgan fingerprint density at radius 1 is 1.15 bits per heavy atom. The fraction of sp³-hybridized carbons (Fsp3) is 1.00. The van der Waals surface area contributed by atoms with Gasteiger partial charge >= 0.3 is 0 Å².